The Hall–Kier alpha value is -1.01. The summed E-state index contributed by atoms with van der Waals surface area (Å²) in [6.07, 6.45) is 12.7. The summed E-state index contributed by atoms with van der Waals surface area (Å²) in [5, 5.41) is 6.12. The predicted molar refractivity (Wildman–Crippen MR) is 75.1 cm³/mol. The molecule has 3 nitrogen and oxygen atoms in total. The lowest BCUT2D eigenvalue weighted by molar-refractivity contribution is -0.122. The second-order valence-electron chi connectivity index (χ2n) is 5.32. The van der Waals surface area contributed by atoms with E-state index in [-0.39, 0.29) is 11.9 Å². The second-order valence-corrected chi connectivity index (χ2v) is 5.32. The van der Waals surface area contributed by atoms with Gasteiger partial charge in [0.2, 0.25) is 5.91 Å². The van der Waals surface area contributed by atoms with Crippen LogP contribution in [-0.2, 0) is 4.79 Å². The SMILES string of the molecule is C#CCNC(=O)C(C)NC1CCC(CCC)CC1. The molecule has 0 saturated heterocycles. The van der Waals surface area contributed by atoms with Gasteiger partial charge in [0.25, 0.3) is 0 Å². The lowest BCUT2D eigenvalue weighted by atomic mass is 9.83. The average molecular weight is 250 g/mol. The van der Waals surface area contributed by atoms with E-state index in [1.807, 2.05) is 6.92 Å². The standard InChI is InChI=1S/C15H26N2O/c1-4-6-13-7-9-14(10-8-13)17-12(3)15(18)16-11-5-2/h2,12-14,17H,4,6-11H2,1,3H3,(H,16,18). The van der Waals surface area contributed by atoms with Gasteiger partial charge in [-0.05, 0) is 38.5 Å². The quantitative estimate of drug-likeness (QED) is 0.709. The van der Waals surface area contributed by atoms with Crippen molar-refractivity contribution in [2.24, 2.45) is 5.92 Å². The molecular formula is C15H26N2O. The molecular weight excluding hydrogens is 224 g/mol. The number of amides is 1. The van der Waals surface area contributed by atoms with Crippen molar-refractivity contribution < 1.29 is 4.79 Å². The van der Waals surface area contributed by atoms with Gasteiger partial charge in [-0.25, -0.2) is 0 Å². The number of nitrogens with one attached hydrogen (secondary N) is 2. The maximum Gasteiger partial charge on any atom is 0.237 e. The van der Waals surface area contributed by atoms with Crippen molar-refractivity contribution in [2.45, 2.75) is 64.5 Å². The molecule has 0 bridgehead atoms. The van der Waals surface area contributed by atoms with E-state index in [0.717, 1.165) is 5.92 Å². The monoisotopic (exact) mass is 250 g/mol. The smallest absolute Gasteiger partial charge is 0.237 e. The van der Waals surface area contributed by atoms with Crippen molar-refractivity contribution in [3.63, 3.8) is 0 Å². The zero-order valence-electron chi connectivity index (χ0n) is 11.7. The van der Waals surface area contributed by atoms with Crippen LogP contribution in [0, 0.1) is 18.3 Å². The van der Waals surface area contributed by atoms with E-state index in [9.17, 15) is 4.79 Å². The molecule has 1 fully saturated rings. The fraction of sp³-hybridized carbons (Fsp3) is 0.800. The van der Waals surface area contributed by atoms with Gasteiger partial charge in [-0.15, -0.1) is 6.42 Å². The third-order valence-corrected chi connectivity index (χ3v) is 3.79. The van der Waals surface area contributed by atoms with Gasteiger partial charge in [0.05, 0.1) is 12.6 Å². The van der Waals surface area contributed by atoms with Gasteiger partial charge in [-0.2, -0.15) is 0 Å². The normalized spacial score (nSPS) is 25.2. The summed E-state index contributed by atoms with van der Waals surface area (Å²) >= 11 is 0. The molecule has 1 unspecified atom stereocenters. The summed E-state index contributed by atoms with van der Waals surface area (Å²) in [7, 11) is 0. The van der Waals surface area contributed by atoms with Crippen molar-refractivity contribution in [3.8, 4) is 12.3 Å². The van der Waals surface area contributed by atoms with E-state index >= 15 is 0 Å². The maximum absolute atomic E-state index is 11.7. The Morgan fingerprint density at radius 1 is 1.39 bits per heavy atom. The van der Waals surface area contributed by atoms with E-state index in [1.54, 1.807) is 0 Å². The molecule has 1 amide bonds. The highest BCUT2D eigenvalue weighted by atomic mass is 16.2. The van der Waals surface area contributed by atoms with Gasteiger partial charge in [0.15, 0.2) is 0 Å². The van der Waals surface area contributed by atoms with Crippen LogP contribution in [0.3, 0.4) is 0 Å². The maximum atomic E-state index is 11.7. The van der Waals surface area contributed by atoms with Gasteiger partial charge >= 0.3 is 0 Å². The van der Waals surface area contributed by atoms with Gasteiger partial charge in [-0.1, -0.05) is 25.7 Å². The molecule has 18 heavy (non-hydrogen) atoms. The van der Waals surface area contributed by atoms with Crippen molar-refractivity contribution in [2.75, 3.05) is 6.54 Å². The lowest BCUT2D eigenvalue weighted by Crippen LogP contribution is -2.47. The van der Waals surface area contributed by atoms with Gasteiger partial charge in [-0.3, -0.25) is 4.79 Å². The number of rotatable bonds is 6. The van der Waals surface area contributed by atoms with Gasteiger partial charge < -0.3 is 10.6 Å². The van der Waals surface area contributed by atoms with Crippen LogP contribution in [0.2, 0.25) is 0 Å². The van der Waals surface area contributed by atoms with E-state index in [0.29, 0.717) is 12.6 Å². The van der Waals surface area contributed by atoms with Crippen molar-refractivity contribution in [3.05, 3.63) is 0 Å². The summed E-state index contributed by atoms with van der Waals surface area (Å²) in [6.45, 7) is 4.47. The van der Waals surface area contributed by atoms with Gasteiger partial charge in [0, 0.05) is 6.04 Å². The van der Waals surface area contributed by atoms with E-state index in [4.69, 9.17) is 6.42 Å². The van der Waals surface area contributed by atoms with Crippen LogP contribution in [0.15, 0.2) is 0 Å². The van der Waals surface area contributed by atoms with Crippen LogP contribution in [-0.4, -0.2) is 24.5 Å². The highest BCUT2D eigenvalue weighted by Crippen LogP contribution is 2.27. The summed E-state index contributed by atoms with van der Waals surface area (Å²) in [5.41, 5.74) is 0. The summed E-state index contributed by atoms with van der Waals surface area (Å²) < 4.78 is 0. The zero-order chi connectivity index (χ0) is 13.4. The summed E-state index contributed by atoms with van der Waals surface area (Å²) in [5.74, 6) is 3.32. The molecule has 0 spiro atoms. The first-order valence-electron chi connectivity index (χ1n) is 7.14. The zero-order valence-corrected chi connectivity index (χ0v) is 11.7. The van der Waals surface area contributed by atoms with E-state index in [2.05, 4.69) is 23.5 Å². The number of carbonyl (C=O) groups excluding carboxylic acids is 1. The van der Waals surface area contributed by atoms with Crippen LogP contribution in [0.25, 0.3) is 0 Å². The second kappa shape index (κ2) is 8.16. The third-order valence-electron chi connectivity index (χ3n) is 3.79. The van der Waals surface area contributed by atoms with Crippen LogP contribution >= 0.6 is 0 Å². The Kier molecular flexibility index (Phi) is 6.82. The molecule has 0 aromatic carbocycles. The molecule has 1 rings (SSSR count). The highest BCUT2D eigenvalue weighted by molar-refractivity contribution is 5.81. The topological polar surface area (TPSA) is 41.1 Å². The minimum absolute atomic E-state index is 0.00336. The first-order chi connectivity index (χ1) is 8.67. The predicted octanol–water partition coefficient (Wildman–Crippen LogP) is 2.07. The van der Waals surface area contributed by atoms with Crippen molar-refractivity contribution in [1.29, 1.82) is 0 Å². The molecule has 0 heterocycles. The first-order valence-corrected chi connectivity index (χ1v) is 7.14. The summed E-state index contributed by atoms with van der Waals surface area (Å²) in [6, 6.07) is 0.343. The third kappa shape index (κ3) is 5.10. The van der Waals surface area contributed by atoms with E-state index in [1.165, 1.54) is 38.5 Å². The molecule has 1 aliphatic rings. The van der Waals surface area contributed by atoms with Crippen molar-refractivity contribution >= 4 is 5.91 Å². The van der Waals surface area contributed by atoms with Crippen LogP contribution in [0.4, 0.5) is 0 Å². The molecule has 0 aromatic heterocycles. The van der Waals surface area contributed by atoms with Crippen LogP contribution in [0.5, 0.6) is 0 Å². The average Bonchev–Trinajstić information content (AvgIpc) is 2.38. The molecule has 1 aliphatic carbocycles. The number of hydrogen-bond donors (Lipinski definition) is 2. The molecule has 102 valence electrons. The minimum Gasteiger partial charge on any atom is -0.344 e. The largest absolute Gasteiger partial charge is 0.344 e. The number of terminal acetylenes is 1. The first kappa shape index (κ1) is 15.0. The molecule has 2 N–H and O–H groups in total. The highest BCUT2D eigenvalue weighted by Gasteiger charge is 2.23. The fourth-order valence-electron chi connectivity index (χ4n) is 2.75. The molecule has 3 heteroatoms. The van der Waals surface area contributed by atoms with Crippen LogP contribution < -0.4 is 10.6 Å². The Labute approximate surface area is 111 Å². The molecule has 0 aliphatic heterocycles. The van der Waals surface area contributed by atoms with Crippen LogP contribution in [0.1, 0.15) is 52.4 Å². The molecule has 0 aromatic rings. The summed E-state index contributed by atoms with van der Waals surface area (Å²) in [4.78, 5) is 11.7. The molecule has 0 radical (unpaired) electrons. The Bertz CT molecular complexity index is 287. The van der Waals surface area contributed by atoms with Crippen molar-refractivity contribution in [1.82, 2.24) is 10.6 Å². The number of hydrogen-bond acceptors (Lipinski definition) is 2. The number of carbonyl (C=O) groups is 1. The lowest BCUT2D eigenvalue weighted by Gasteiger charge is -2.30. The Morgan fingerprint density at radius 2 is 2.06 bits per heavy atom. The van der Waals surface area contributed by atoms with E-state index < -0.39 is 0 Å². The fourth-order valence-corrected chi connectivity index (χ4v) is 2.75. The molecule has 1 atom stereocenters. The van der Waals surface area contributed by atoms with Gasteiger partial charge in [0.1, 0.15) is 0 Å². The molecule has 1 saturated carbocycles. The minimum atomic E-state index is -0.147. The Balaban J connectivity index is 2.23. The Morgan fingerprint density at radius 3 is 2.61 bits per heavy atom.